The number of amides is 2. The molecule has 2 aromatic heterocycles. The molecular weight excluding hydrogens is 493 g/mol. The van der Waals surface area contributed by atoms with Crippen LogP contribution in [0.2, 0.25) is 0 Å². The van der Waals surface area contributed by atoms with E-state index in [1.54, 1.807) is 55.8 Å². The molecule has 0 unspecified atom stereocenters. The van der Waals surface area contributed by atoms with Crippen molar-refractivity contribution in [2.24, 2.45) is 0 Å². The van der Waals surface area contributed by atoms with Gasteiger partial charge in [0.25, 0.3) is 0 Å². The van der Waals surface area contributed by atoms with Crippen LogP contribution in [0.4, 0.5) is 35.3 Å². The van der Waals surface area contributed by atoms with Gasteiger partial charge in [0.1, 0.15) is 5.75 Å². The lowest BCUT2D eigenvalue weighted by atomic mass is 10.2. The van der Waals surface area contributed by atoms with Gasteiger partial charge in [0, 0.05) is 35.7 Å². The second-order valence-electron chi connectivity index (χ2n) is 7.15. The number of carbonyl (C=O) groups is 1. The summed E-state index contributed by atoms with van der Waals surface area (Å²) in [5, 5.41) is 8.11. The van der Waals surface area contributed by atoms with Crippen molar-refractivity contribution in [3.63, 3.8) is 0 Å². The van der Waals surface area contributed by atoms with Crippen molar-refractivity contribution in [1.29, 1.82) is 0 Å². The number of hydrogen-bond acceptors (Lipinski definition) is 7. The van der Waals surface area contributed by atoms with E-state index in [9.17, 15) is 18.0 Å². The van der Waals surface area contributed by atoms with Crippen molar-refractivity contribution in [3.8, 4) is 22.9 Å². The SMILES string of the molecule is CNc1nccc(-c2cccnc2Oc2ccc(NC(=O)Nc3ccc(SC(F)(F)F)cc3)cc2)n1. The van der Waals surface area contributed by atoms with E-state index in [0.717, 1.165) is 0 Å². The molecule has 0 atom stereocenters. The third-order valence-electron chi connectivity index (χ3n) is 4.60. The summed E-state index contributed by atoms with van der Waals surface area (Å²) in [6, 6.07) is 16.8. The predicted octanol–water partition coefficient (Wildman–Crippen LogP) is 6.63. The Balaban J connectivity index is 1.38. The molecule has 0 fully saturated rings. The number of urea groups is 1. The summed E-state index contributed by atoms with van der Waals surface area (Å²) in [6.07, 6.45) is 3.24. The number of ether oxygens (including phenoxy) is 1. The first-order valence-electron chi connectivity index (χ1n) is 10.5. The predicted molar refractivity (Wildman–Crippen MR) is 132 cm³/mol. The van der Waals surface area contributed by atoms with Crippen LogP contribution in [0.5, 0.6) is 11.6 Å². The van der Waals surface area contributed by atoms with Gasteiger partial charge >= 0.3 is 11.5 Å². The van der Waals surface area contributed by atoms with E-state index in [1.807, 2.05) is 6.07 Å². The fraction of sp³-hybridized carbons (Fsp3) is 0.0833. The van der Waals surface area contributed by atoms with Gasteiger partial charge in [0.15, 0.2) is 0 Å². The minimum absolute atomic E-state index is 0.0299. The van der Waals surface area contributed by atoms with Crippen LogP contribution in [0.1, 0.15) is 0 Å². The zero-order valence-corrected chi connectivity index (χ0v) is 19.5. The van der Waals surface area contributed by atoms with Crippen LogP contribution < -0.4 is 20.7 Å². The van der Waals surface area contributed by atoms with Gasteiger partial charge < -0.3 is 20.7 Å². The van der Waals surface area contributed by atoms with Crippen LogP contribution in [0.3, 0.4) is 0 Å². The Morgan fingerprint density at radius 3 is 2.19 bits per heavy atom. The summed E-state index contributed by atoms with van der Waals surface area (Å²) in [6.45, 7) is 0. The summed E-state index contributed by atoms with van der Waals surface area (Å²) in [5.74, 6) is 1.30. The molecule has 184 valence electrons. The molecular formula is C24H19F3N6O2S. The number of thioether (sulfide) groups is 1. The number of aromatic nitrogens is 3. The highest BCUT2D eigenvalue weighted by molar-refractivity contribution is 8.00. The zero-order valence-electron chi connectivity index (χ0n) is 18.7. The largest absolute Gasteiger partial charge is 0.446 e. The van der Waals surface area contributed by atoms with E-state index < -0.39 is 11.5 Å². The molecule has 2 amide bonds. The lowest BCUT2D eigenvalue weighted by Gasteiger charge is -2.11. The van der Waals surface area contributed by atoms with Crippen molar-refractivity contribution < 1.29 is 22.7 Å². The molecule has 0 spiro atoms. The number of alkyl halides is 3. The van der Waals surface area contributed by atoms with Crippen LogP contribution in [0.25, 0.3) is 11.3 Å². The third kappa shape index (κ3) is 6.85. The van der Waals surface area contributed by atoms with Crippen LogP contribution in [-0.2, 0) is 0 Å². The Kier molecular flexibility index (Phi) is 7.54. The maximum Gasteiger partial charge on any atom is 0.446 e. The lowest BCUT2D eigenvalue weighted by Crippen LogP contribution is -2.19. The van der Waals surface area contributed by atoms with Gasteiger partial charge in [-0.05, 0) is 78.5 Å². The molecule has 4 rings (SSSR count). The Labute approximate surface area is 208 Å². The smallest absolute Gasteiger partial charge is 0.438 e. The maximum atomic E-state index is 12.4. The molecule has 3 N–H and O–H groups in total. The summed E-state index contributed by atoms with van der Waals surface area (Å²) >= 11 is -0.220. The van der Waals surface area contributed by atoms with Gasteiger partial charge in [-0.25, -0.2) is 19.7 Å². The summed E-state index contributed by atoms with van der Waals surface area (Å²) in [7, 11) is 1.73. The number of carbonyl (C=O) groups excluding carboxylic acids is 1. The van der Waals surface area contributed by atoms with Crippen molar-refractivity contribution >= 4 is 35.1 Å². The molecule has 2 aromatic carbocycles. The first-order chi connectivity index (χ1) is 17.3. The number of nitrogens with zero attached hydrogens (tertiary/aromatic N) is 3. The molecule has 8 nitrogen and oxygen atoms in total. The molecule has 2 heterocycles. The van der Waals surface area contributed by atoms with Gasteiger partial charge in [0.2, 0.25) is 11.8 Å². The van der Waals surface area contributed by atoms with E-state index in [2.05, 4.69) is 30.9 Å². The van der Waals surface area contributed by atoms with Crippen molar-refractivity contribution in [2.45, 2.75) is 10.4 Å². The Morgan fingerprint density at radius 2 is 1.56 bits per heavy atom. The van der Waals surface area contributed by atoms with Gasteiger partial charge in [-0.1, -0.05) is 0 Å². The van der Waals surface area contributed by atoms with Crippen LogP contribution in [0, 0.1) is 0 Å². The summed E-state index contributed by atoms with van der Waals surface area (Å²) < 4.78 is 43.2. The average molecular weight is 513 g/mol. The van der Waals surface area contributed by atoms with Crippen molar-refractivity contribution in [2.75, 3.05) is 23.0 Å². The monoisotopic (exact) mass is 512 g/mol. The van der Waals surface area contributed by atoms with E-state index in [1.165, 1.54) is 24.3 Å². The van der Waals surface area contributed by atoms with Crippen molar-refractivity contribution in [3.05, 3.63) is 79.1 Å². The molecule has 0 saturated heterocycles. The first kappa shape index (κ1) is 24.8. The Bertz CT molecular complexity index is 1340. The number of benzene rings is 2. The third-order valence-corrected chi connectivity index (χ3v) is 5.34. The minimum atomic E-state index is -4.37. The number of anilines is 3. The molecule has 0 bridgehead atoms. The Hall–Kier alpha value is -4.32. The molecule has 0 aliphatic carbocycles. The number of pyridine rings is 1. The maximum absolute atomic E-state index is 12.4. The highest BCUT2D eigenvalue weighted by atomic mass is 32.2. The second kappa shape index (κ2) is 11.0. The van der Waals surface area contributed by atoms with Crippen LogP contribution in [0.15, 0.2) is 84.0 Å². The highest BCUT2D eigenvalue weighted by Gasteiger charge is 2.29. The molecule has 0 aliphatic rings. The first-order valence-corrected chi connectivity index (χ1v) is 11.3. The fourth-order valence-electron chi connectivity index (χ4n) is 3.05. The molecule has 4 aromatic rings. The van der Waals surface area contributed by atoms with E-state index in [0.29, 0.717) is 40.2 Å². The zero-order chi connectivity index (χ0) is 25.5. The summed E-state index contributed by atoms with van der Waals surface area (Å²) in [5.41, 5.74) is -2.21. The molecule has 0 aliphatic heterocycles. The van der Waals surface area contributed by atoms with Crippen LogP contribution in [-0.4, -0.2) is 33.5 Å². The topological polar surface area (TPSA) is 101 Å². The lowest BCUT2D eigenvalue weighted by molar-refractivity contribution is -0.0328. The molecule has 12 heteroatoms. The van der Waals surface area contributed by atoms with Crippen molar-refractivity contribution in [1.82, 2.24) is 15.0 Å². The number of halogens is 3. The van der Waals surface area contributed by atoms with E-state index >= 15 is 0 Å². The number of nitrogens with one attached hydrogen (secondary N) is 3. The standard InChI is InChI=1S/C24H19F3N6O2S/c1-28-22-30-14-12-20(33-22)19-3-2-13-29-21(19)35-17-8-4-15(5-9-17)31-23(34)32-16-6-10-18(11-7-16)36-24(25,26)27/h2-14H,1H3,(H,28,30,33)(H2,31,32,34). The van der Waals surface area contributed by atoms with E-state index in [-0.39, 0.29) is 16.7 Å². The fourth-order valence-corrected chi connectivity index (χ4v) is 3.59. The number of hydrogen-bond donors (Lipinski definition) is 3. The summed E-state index contributed by atoms with van der Waals surface area (Å²) in [4.78, 5) is 25.1. The van der Waals surface area contributed by atoms with Gasteiger partial charge in [-0.3, -0.25) is 0 Å². The van der Waals surface area contributed by atoms with Crippen LogP contribution >= 0.6 is 11.8 Å². The minimum Gasteiger partial charge on any atom is -0.438 e. The van der Waals surface area contributed by atoms with E-state index in [4.69, 9.17) is 4.74 Å². The number of rotatable bonds is 7. The molecule has 0 radical (unpaired) electrons. The second-order valence-corrected chi connectivity index (χ2v) is 8.29. The normalized spacial score (nSPS) is 11.0. The average Bonchev–Trinajstić information content (AvgIpc) is 2.86. The highest BCUT2D eigenvalue weighted by Crippen LogP contribution is 2.37. The van der Waals surface area contributed by atoms with Gasteiger partial charge in [-0.15, -0.1) is 0 Å². The molecule has 36 heavy (non-hydrogen) atoms. The quantitative estimate of drug-likeness (QED) is 0.239. The van der Waals surface area contributed by atoms with Gasteiger partial charge in [-0.2, -0.15) is 13.2 Å². The molecule has 0 saturated carbocycles. The van der Waals surface area contributed by atoms with Gasteiger partial charge in [0.05, 0.1) is 11.3 Å². The Morgan fingerprint density at radius 1 is 0.889 bits per heavy atom.